The van der Waals surface area contributed by atoms with Gasteiger partial charge in [0.2, 0.25) is 0 Å². The first kappa shape index (κ1) is 19.1. The fourth-order valence-corrected chi connectivity index (χ4v) is 5.28. The van der Waals surface area contributed by atoms with Crippen molar-refractivity contribution >= 4 is 32.9 Å². The molecule has 6 heteroatoms. The molecule has 0 unspecified atom stereocenters. The summed E-state index contributed by atoms with van der Waals surface area (Å²) in [5.41, 5.74) is 2.31. The quantitative estimate of drug-likeness (QED) is 0.475. The van der Waals surface area contributed by atoms with Crippen LogP contribution in [-0.2, 0) is 6.42 Å². The number of nitrogens with one attached hydrogen (secondary N) is 1. The monoisotopic (exact) mass is 410 g/mol. The van der Waals surface area contributed by atoms with E-state index in [2.05, 4.69) is 48.4 Å². The van der Waals surface area contributed by atoms with E-state index in [1.54, 1.807) is 22.7 Å². The Morgan fingerprint density at radius 2 is 1.93 bits per heavy atom. The van der Waals surface area contributed by atoms with Crippen molar-refractivity contribution in [3.8, 4) is 10.4 Å². The van der Waals surface area contributed by atoms with Crippen LogP contribution in [-0.4, -0.2) is 16.0 Å². The highest BCUT2D eigenvalue weighted by Crippen LogP contribution is 2.33. The molecule has 0 radical (unpaired) electrons. The van der Waals surface area contributed by atoms with Gasteiger partial charge in [0, 0.05) is 22.2 Å². The summed E-state index contributed by atoms with van der Waals surface area (Å²) in [5, 5.41) is 7.07. The first-order chi connectivity index (χ1) is 13.6. The van der Waals surface area contributed by atoms with Crippen LogP contribution in [0.1, 0.15) is 37.7 Å². The van der Waals surface area contributed by atoms with E-state index in [1.165, 1.54) is 5.56 Å². The highest BCUT2D eigenvalue weighted by atomic mass is 32.1. The number of hydrogen-bond acceptors (Lipinski definition) is 4. The van der Waals surface area contributed by atoms with Crippen molar-refractivity contribution in [3.05, 3.63) is 75.0 Å². The van der Waals surface area contributed by atoms with Crippen LogP contribution >= 0.6 is 22.7 Å². The maximum Gasteiger partial charge on any atom is 0.260 e. The topological polar surface area (TPSA) is 62.4 Å². The first-order valence-electron chi connectivity index (χ1n) is 9.56. The Kier molecular flexibility index (Phi) is 5.71. The lowest BCUT2D eigenvalue weighted by atomic mass is 10.1. The van der Waals surface area contributed by atoms with Gasteiger partial charge in [0.05, 0.1) is 11.4 Å². The summed E-state index contributed by atoms with van der Waals surface area (Å²) in [4.78, 5) is 22.5. The molecule has 3 N–H and O–H groups in total. The molecule has 1 aromatic carbocycles. The van der Waals surface area contributed by atoms with Gasteiger partial charge in [-0.15, -0.1) is 22.7 Å². The normalized spacial score (nSPS) is 13.6. The Morgan fingerprint density at radius 1 is 1.11 bits per heavy atom. The molecule has 0 fully saturated rings. The van der Waals surface area contributed by atoms with Crippen molar-refractivity contribution in [2.45, 2.75) is 38.8 Å². The van der Waals surface area contributed by atoms with E-state index in [9.17, 15) is 4.79 Å². The molecule has 144 valence electrons. The number of aryl methyl sites for hydroxylation is 1. The smallest absolute Gasteiger partial charge is 0.260 e. The van der Waals surface area contributed by atoms with Gasteiger partial charge in [-0.25, -0.2) is 4.98 Å². The van der Waals surface area contributed by atoms with E-state index in [4.69, 9.17) is 4.98 Å². The maximum absolute atomic E-state index is 12.8. The molecule has 4 nitrogen and oxygen atoms in total. The van der Waals surface area contributed by atoms with Crippen molar-refractivity contribution < 1.29 is 5.32 Å². The molecule has 0 aliphatic carbocycles. The predicted molar refractivity (Wildman–Crippen MR) is 118 cm³/mol. The predicted octanol–water partition coefficient (Wildman–Crippen LogP) is 4.36. The second kappa shape index (κ2) is 8.39. The third-order valence-corrected chi connectivity index (χ3v) is 6.80. The zero-order chi connectivity index (χ0) is 19.5. The minimum absolute atomic E-state index is 0.0400. The minimum atomic E-state index is -0.0400. The van der Waals surface area contributed by atoms with Gasteiger partial charge in [-0.3, -0.25) is 4.79 Å². The lowest BCUT2D eigenvalue weighted by Crippen LogP contribution is -2.89. The van der Waals surface area contributed by atoms with Crippen LogP contribution in [0, 0.1) is 0 Å². The van der Waals surface area contributed by atoms with Crippen LogP contribution in [0.15, 0.2) is 58.0 Å². The van der Waals surface area contributed by atoms with Gasteiger partial charge in [-0.2, -0.15) is 0 Å². The molecule has 0 amide bonds. The Hall–Kier alpha value is -2.28. The number of quaternary nitrogens is 1. The second-order valence-corrected chi connectivity index (χ2v) is 9.05. The van der Waals surface area contributed by atoms with Gasteiger partial charge in [-0.1, -0.05) is 36.4 Å². The molecule has 4 aromatic rings. The van der Waals surface area contributed by atoms with Gasteiger partial charge >= 0.3 is 0 Å². The molecule has 0 aliphatic rings. The number of thiophene rings is 2. The summed E-state index contributed by atoms with van der Waals surface area (Å²) in [6.07, 6.45) is 2.14. The number of hydrogen-bond donors (Lipinski definition) is 2. The van der Waals surface area contributed by atoms with Crippen molar-refractivity contribution in [2.75, 3.05) is 0 Å². The van der Waals surface area contributed by atoms with Crippen LogP contribution in [0.25, 0.3) is 20.7 Å². The number of aromatic amines is 1. The summed E-state index contributed by atoms with van der Waals surface area (Å²) in [7, 11) is 0. The molecule has 0 bridgehead atoms. The van der Waals surface area contributed by atoms with Gasteiger partial charge in [0.15, 0.2) is 5.82 Å². The van der Waals surface area contributed by atoms with E-state index < -0.39 is 0 Å². The summed E-state index contributed by atoms with van der Waals surface area (Å²) in [6.45, 7) is 4.34. The molecule has 0 spiro atoms. The summed E-state index contributed by atoms with van der Waals surface area (Å²) in [5.74, 6) is 0.753. The molecular weight excluding hydrogens is 386 g/mol. The lowest BCUT2D eigenvalue weighted by Gasteiger charge is -2.16. The van der Waals surface area contributed by atoms with E-state index in [0.717, 1.165) is 33.9 Å². The highest BCUT2D eigenvalue weighted by molar-refractivity contribution is 7.18. The van der Waals surface area contributed by atoms with Crippen LogP contribution < -0.4 is 10.9 Å². The first-order valence-corrected chi connectivity index (χ1v) is 11.3. The van der Waals surface area contributed by atoms with Crippen LogP contribution in [0.2, 0.25) is 0 Å². The van der Waals surface area contributed by atoms with Crippen molar-refractivity contribution in [1.29, 1.82) is 0 Å². The Morgan fingerprint density at radius 3 is 2.68 bits per heavy atom. The Labute approximate surface area is 172 Å². The standard InChI is InChI=1S/C22H23N3OS2/c1-14(10-11-16-7-4-3-5-8-16)23-15(2)20-24-21(26)19-17(13-28-22(19)25-20)18-9-6-12-27-18/h3-9,12-15,23H,10-11H2,1-2H3,(H,24,25,26)/p+1/t14-,15+/m0/s1. The zero-order valence-corrected chi connectivity index (χ0v) is 17.6. The lowest BCUT2D eigenvalue weighted by molar-refractivity contribution is -0.723. The van der Waals surface area contributed by atoms with Crippen molar-refractivity contribution in [2.24, 2.45) is 0 Å². The molecule has 0 saturated carbocycles. The van der Waals surface area contributed by atoms with Crippen LogP contribution in [0.5, 0.6) is 0 Å². The van der Waals surface area contributed by atoms with E-state index in [-0.39, 0.29) is 11.6 Å². The average Bonchev–Trinajstić information content (AvgIpc) is 3.36. The summed E-state index contributed by atoms with van der Waals surface area (Å²) < 4.78 is 0. The van der Waals surface area contributed by atoms with E-state index >= 15 is 0 Å². The summed E-state index contributed by atoms with van der Waals surface area (Å²) in [6, 6.07) is 15.2. The second-order valence-electron chi connectivity index (χ2n) is 7.24. The van der Waals surface area contributed by atoms with E-state index in [0.29, 0.717) is 11.4 Å². The van der Waals surface area contributed by atoms with Crippen molar-refractivity contribution in [1.82, 2.24) is 9.97 Å². The molecule has 28 heavy (non-hydrogen) atoms. The molecule has 2 atom stereocenters. The fourth-order valence-electron chi connectivity index (χ4n) is 3.51. The van der Waals surface area contributed by atoms with Gasteiger partial charge in [-0.05, 0) is 37.3 Å². The number of aromatic nitrogens is 2. The highest BCUT2D eigenvalue weighted by Gasteiger charge is 2.19. The molecular formula is C22H24N3OS2+. The van der Waals surface area contributed by atoms with Crippen LogP contribution in [0.3, 0.4) is 0 Å². The number of fused-ring (bicyclic) bond motifs is 1. The third-order valence-electron chi connectivity index (χ3n) is 5.03. The van der Waals surface area contributed by atoms with Gasteiger partial charge < -0.3 is 10.3 Å². The van der Waals surface area contributed by atoms with Gasteiger partial charge in [0.1, 0.15) is 10.9 Å². The van der Waals surface area contributed by atoms with Gasteiger partial charge in [0.25, 0.3) is 5.56 Å². The third kappa shape index (κ3) is 4.09. The number of benzene rings is 1. The molecule has 0 aliphatic heterocycles. The molecule has 3 aromatic heterocycles. The number of nitrogens with two attached hydrogens (primary N) is 1. The Balaban J connectivity index is 1.48. The maximum atomic E-state index is 12.8. The largest absolute Gasteiger partial charge is 0.336 e. The number of nitrogens with zero attached hydrogens (tertiary/aromatic N) is 1. The molecule has 0 saturated heterocycles. The summed E-state index contributed by atoms with van der Waals surface area (Å²) >= 11 is 3.19. The Bertz CT molecular complexity index is 1100. The number of rotatable bonds is 7. The SMILES string of the molecule is C[C@@H](CCc1ccccc1)[NH2+][C@H](C)c1nc2scc(-c3cccs3)c2c(=O)[nH]1. The minimum Gasteiger partial charge on any atom is -0.336 e. The molecule has 4 rings (SSSR count). The fraction of sp³-hybridized carbons (Fsp3) is 0.273. The van der Waals surface area contributed by atoms with E-state index in [1.807, 2.05) is 29.0 Å². The molecule has 3 heterocycles. The average molecular weight is 411 g/mol. The van der Waals surface area contributed by atoms with Crippen molar-refractivity contribution in [3.63, 3.8) is 0 Å². The van der Waals surface area contributed by atoms with Crippen LogP contribution in [0.4, 0.5) is 0 Å². The zero-order valence-electron chi connectivity index (χ0n) is 16.0. The number of H-pyrrole nitrogens is 1.